The van der Waals surface area contributed by atoms with E-state index in [4.69, 9.17) is 0 Å². The zero-order valence-electron chi connectivity index (χ0n) is 21.6. The molecule has 0 aromatic rings. The zero-order valence-corrected chi connectivity index (χ0v) is 21.6. The highest BCUT2D eigenvalue weighted by Crippen LogP contribution is 2.75. The molecule has 5 rings (SSSR count). The summed E-state index contributed by atoms with van der Waals surface area (Å²) in [5, 5.41) is 0. The van der Waals surface area contributed by atoms with E-state index in [1.54, 1.807) is 0 Å². The van der Waals surface area contributed by atoms with Gasteiger partial charge < -0.3 is 0 Å². The van der Waals surface area contributed by atoms with Crippen LogP contribution in [0.15, 0.2) is 11.6 Å². The van der Waals surface area contributed by atoms with Gasteiger partial charge in [0, 0.05) is 0 Å². The fraction of sp³-hybridized carbons (Fsp3) is 0.933. The van der Waals surface area contributed by atoms with Crippen molar-refractivity contribution >= 4 is 0 Å². The Bertz CT molecular complexity index is 754. The molecule has 0 spiro atoms. The van der Waals surface area contributed by atoms with Crippen molar-refractivity contribution in [1.82, 2.24) is 0 Å². The van der Waals surface area contributed by atoms with Crippen LogP contribution in [0.2, 0.25) is 0 Å². The van der Waals surface area contributed by atoms with Crippen LogP contribution >= 0.6 is 0 Å². The highest BCUT2D eigenvalue weighted by Gasteiger charge is 2.66. The van der Waals surface area contributed by atoms with E-state index in [2.05, 4.69) is 61.5 Å². The van der Waals surface area contributed by atoms with Gasteiger partial charge in [-0.3, -0.25) is 0 Å². The van der Waals surface area contributed by atoms with Crippen LogP contribution in [0, 0.1) is 50.2 Å². The van der Waals surface area contributed by atoms with Crippen molar-refractivity contribution in [3.8, 4) is 0 Å². The van der Waals surface area contributed by atoms with Gasteiger partial charge in [-0.15, -0.1) is 0 Å². The standard InChI is InChI=1S/C30H50/c1-25(2)16-17-27(5)18-19-29(7)21(22(27)20-25)10-11-24-28(6)14-9-13-26(3,4)23(28)12-15-30(24,29)8/h10,22-24H,9,11-20H2,1-8H3/t22-,23-,24+,27+,28-,29+,30+/m0/s1. The monoisotopic (exact) mass is 410 g/mol. The summed E-state index contributed by atoms with van der Waals surface area (Å²) >= 11 is 0. The van der Waals surface area contributed by atoms with Crippen molar-refractivity contribution in [2.75, 3.05) is 0 Å². The van der Waals surface area contributed by atoms with Gasteiger partial charge in [0.2, 0.25) is 0 Å². The summed E-state index contributed by atoms with van der Waals surface area (Å²) in [4.78, 5) is 0. The average Bonchev–Trinajstić information content (AvgIpc) is 2.63. The van der Waals surface area contributed by atoms with Crippen molar-refractivity contribution in [3.05, 3.63) is 11.6 Å². The zero-order chi connectivity index (χ0) is 21.8. The molecule has 0 saturated heterocycles. The van der Waals surface area contributed by atoms with Gasteiger partial charge in [-0.1, -0.05) is 73.5 Å². The first-order valence-corrected chi connectivity index (χ1v) is 13.5. The number of allylic oxidation sites excluding steroid dienone is 2. The Labute approximate surface area is 188 Å². The summed E-state index contributed by atoms with van der Waals surface area (Å²) in [5.41, 5.74) is 5.04. The van der Waals surface area contributed by atoms with Gasteiger partial charge in [0.1, 0.15) is 0 Å². The lowest BCUT2D eigenvalue weighted by Crippen LogP contribution is -2.62. The second kappa shape index (κ2) is 6.20. The summed E-state index contributed by atoms with van der Waals surface area (Å²) in [6.07, 6.45) is 18.8. The van der Waals surface area contributed by atoms with E-state index in [0.29, 0.717) is 32.5 Å². The van der Waals surface area contributed by atoms with E-state index in [1.165, 1.54) is 70.6 Å². The predicted octanol–water partition coefficient (Wildman–Crippen LogP) is 9.20. The van der Waals surface area contributed by atoms with Crippen LogP contribution < -0.4 is 0 Å². The van der Waals surface area contributed by atoms with Gasteiger partial charge >= 0.3 is 0 Å². The fourth-order valence-electron chi connectivity index (χ4n) is 10.6. The molecule has 0 amide bonds. The highest BCUT2D eigenvalue weighted by atomic mass is 14.7. The smallest absolute Gasteiger partial charge is 0.00565 e. The minimum Gasteiger partial charge on any atom is -0.0841 e. The van der Waals surface area contributed by atoms with Crippen molar-refractivity contribution in [2.45, 2.75) is 126 Å². The maximum Gasteiger partial charge on any atom is -0.00565 e. The van der Waals surface area contributed by atoms with Crippen LogP contribution in [0.3, 0.4) is 0 Å². The lowest BCUT2D eigenvalue weighted by atomic mass is 9.34. The van der Waals surface area contributed by atoms with E-state index in [-0.39, 0.29) is 0 Å². The normalized spacial score (nSPS) is 54.1. The number of hydrogen-bond acceptors (Lipinski definition) is 0. The molecule has 0 nitrogen and oxygen atoms in total. The molecule has 0 heteroatoms. The molecule has 7 atom stereocenters. The molecule has 0 bridgehead atoms. The molecule has 5 aliphatic carbocycles. The van der Waals surface area contributed by atoms with Crippen LogP contribution in [0.4, 0.5) is 0 Å². The molecule has 0 aromatic carbocycles. The Morgan fingerprint density at radius 1 is 0.733 bits per heavy atom. The molecule has 0 aromatic heterocycles. The quantitative estimate of drug-likeness (QED) is 0.349. The molecule has 30 heavy (non-hydrogen) atoms. The van der Waals surface area contributed by atoms with Crippen LogP contribution in [0.5, 0.6) is 0 Å². The SMILES string of the molecule is CC1(C)CC[C@]2(C)CC[C@]3(C)C(=CC[C@@H]4[C@@]5(C)CCCC(C)(C)[C@@H]5CC[C@]43C)[C@@H]2C1. The summed E-state index contributed by atoms with van der Waals surface area (Å²) < 4.78 is 0. The first-order valence-electron chi connectivity index (χ1n) is 13.5. The van der Waals surface area contributed by atoms with Crippen molar-refractivity contribution in [1.29, 1.82) is 0 Å². The van der Waals surface area contributed by atoms with E-state index in [0.717, 1.165) is 17.8 Å². The molecule has 170 valence electrons. The van der Waals surface area contributed by atoms with Gasteiger partial charge in [-0.2, -0.15) is 0 Å². The lowest BCUT2D eigenvalue weighted by molar-refractivity contribution is -0.179. The Kier molecular flexibility index (Phi) is 4.46. The molecule has 4 fully saturated rings. The Hall–Kier alpha value is -0.260. The maximum atomic E-state index is 2.85. The second-order valence-corrected chi connectivity index (χ2v) is 15.2. The summed E-state index contributed by atoms with van der Waals surface area (Å²) in [5.74, 6) is 2.65. The predicted molar refractivity (Wildman–Crippen MR) is 129 cm³/mol. The fourth-order valence-corrected chi connectivity index (χ4v) is 10.6. The average molecular weight is 411 g/mol. The molecule has 0 heterocycles. The molecule has 0 aliphatic heterocycles. The van der Waals surface area contributed by atoms with E-state index >= 15 is 0 Å². The molecule has 0 unspecified atom stereocenters. The number of rotatable bonds is 0. The minimum atomic E-state index is 0.434. The molecule has 4 saturated carbocycles. The maximum absolute atomic E-state index is 2.85. The lowest BCUT2D eigenvalue weighted by Gasteiger charge is -2.71. The van der Waals surface area contributed by atoms with Gasteiger partial charge in [0.05, 0.1) is 0 Å². The molecule has 0 radical (unpaired) electrons. The summed E-state index contributed by atoms with van der Waals surface area (Å²) in [6.45, 7) is 21.2. The molecular formula is C30H50. The van der Waals surface area contributed by atoms with E-state index in [9.17, 15) is 0 Å². The first-order chi connectivity index (χ1) is 13.8. The van der Waals surface area contributed by atoms with Gasteiger partial charge in [0.15, 0.2) is 0 Å². The van der Waals surface area contributed by atoms with Crippen LogP contribution in [-0.4, -0.2) is 0 Å². The summed E-state index contributed by atoms with van der Waals surface area (Å²) in [6, 6.07) is 0. The Morgan fingerprint density at radius 2 is 1.43 bits per heavy atom. The number of hydrogen-bond donors (Lipinski definition) is 0. The minimum absolute atomic E-state index is 0.434. The van der Waals surface area contributed by atoms with Gasteiger partial charge in [0.25, 0.3) is 0 Å². The second-order valence-electron chi connectivity index (χ2n) is 15.2. The molecular weight excluding hydrogens is 360 g/mol. The Balaban J connectivity index is 1.58. The first kappa shape index (κ1) is 21.6. The van der Waals surface area contributed by atoms with Crippen molar-refractivity contribution in [2.24, 2.45) is 50.2 Å². The molecule has 0 N–H and O–H groups in total. The van der Waals surface area contributed by atoms with Gasteiger partial charge in [-0.05, 0) is 114 Å². The molecule has 5 aliphatic rings. The highest BCUT2D eigenvalue weighted by molar-refractivity contribution is 5.33. The third-order valence-corrected chi connectivity index (χ3v) is 12.8. The summed E-state index contributed by atoms with van der Waals surface area (Å²) in [7, 11) is 0. The van der Waals surface area contributed by atoms with E-state index < -0.39 is 0 Å². The van der Waals surface area contributed by atoms with Crippen molar-refractivity contribution in [3.63, 3.8) is 0 Å². The van der Waals surface area contributed by atoms with Crippen LogP contribution in [0.1, 0.15) is 126 Å². The van der Waals surface area contributed by atoms with E-state index in [1.807, 2.05) is 5.57 Å². The van der Waals surface area contributed by atoms with Crippen molar-refractivity contribution < 1.29 is 0 Å². The van der Waals surface area contributed by atoms with Gasteiger partial charge in [-0.25, -0.2) is 0 Å². The van der Waals surface area contributed by atoms with Crippen LogP contribution in [-0.2, 0) is 0 Å². The Morgan fingerprint density at radius 3 is 2.17 bits per heavy atom. The largest absolute Gasteiger partial charge is 0.0841 e. The topological polar surface area (TPSA) is 0 Å². The van der Waals surface area contributed by atoms with Crippen LogP contribution in [0.25, 0.3) is 0 Å². The number of fused-ring (bicyclic) bond motifs is 7. The third kappa shape index (κ3) is 2.64. The third-order valence-electron chi connectivity index (χ3n) is 12.8.